The maximum absolute atomic E-state index is 13.3. The topological polar surface area (TPSA) is 147 Å². The molecule has 0 radical (unpaired) electrons. The van der Waals surface area contributed by atoms with Gasteiger partial charge in [0.2, 0.25) is 11.8 Å². The number of allylic oxidation sites excluding steroid dienone is 4. The number of nitrogens with one attached hydrogen (secondary N) is 2. The number of hydrogen-bond donors (Lipinski definition) is 2. The van der Waals surface area contributed by atoms with Gasteiger partial charge >= 0.3 is 0 Å². The Morgan fingerprint density at radius 2 is 0.897 bits per heavy atom. The fourth-order valence-electron chi connectivity index (χ4n) is 12.7. The Morgan fingerprint density at radius 3 is 1.45 bits per heavy atom. The van der Waals surface area contributed by atoms with Crippen molar-refractivity contribution in [3.63, 3.8) is 0 Å². The molecule has 0 aliphatic heterocycles. The molecule has 16 rings (SSSR count). The predicted octanol–water partition coefficient (Wildman–Crippen LogP) is 24.6. The van der Waals surface area contributed by atoms with Gasteiger partial charge in [-0.2, -0.15) is 20.4 Å². The molecule has 8 aromatic carbocycles. The van der Waals surface area contributed by atoms with Gasteiger partial charge in [-0.15, -0.1) is 10.2 Å². The first-order valence-electron chi connectivity index (χ1n) is 37.9. The van der Waals surface area contributed by atoms with E-state index >= 15 is 0 Å². The summed E-state index contributed by atoms with van der Waals surface area (Å²) in [7, 11) is 0. The molecule has 107 heavy (non-hydrogen) atoms. The van der Waals surface area contributed by atoms with E-state index in [0.717, 1.165) is 131 Å². The molecule has 6 aromatic heterocycles. The number of nitrogens with zero attached hydrogens (tertiary/aromatic N) is 10. The van der Waals surface area contributed by atoms with Crippen LogP contribution in [0.3, 0.4) is 0 Å². The van der Waals surface area contributed by atoms with Crippen molar-refractivity contribution in [1.29, 1.82) is 0 Å². The van der Waals surface area contributed by atoms with Crippen LogP contribution in [0.15, 0.2) is 201 Å². The summed E-state index contributed by atoms with van der Waals surface area (Å²) in [5.41, 5.74) is 14.0. The van der Waals surface area contributed by atoms with Crippen LogP contribution in [0.2, 0.25) is 10.0 Å². The zero-order valence-corrected chi connectivity index (χ0v) is 65.2. The van der Waals surface area contributed by atoms with Crippen LogP contribution in [-0.4, -0.2) is 72.7 Å². The number of hydrogen-bond acceptors (Lipinski definition) is 8. The Labute approximate surface area is 638 Å². The first-order valence-corrected chi connectivity index (χ1v) is 38.6. The Kier molecular flexibility index (Phi) is 31.3. The van der Waals surface area contributed by atoms with Gasteiger partial charge in [0.1, 0.15) is 17.5 Å². The molecule has 0 atom stereocenters. The van der Waals surface area contributed by atoms with Crippen LogP contribution in [0.25, 0.3) is 76.6 Å². The van der Waals surface area contributed by atoms with Crippen LogP contribution < -0.4 is 9.47 Å². The van der Waals surface area contributed by atoms with Gasteiger partial charge < -0.3 is 9.47 Å². The van der Waals surface area contributed by atoms with Crippen LogP contribution in [0.1, 0.15) is 169 Å². The molecule has 2 aliphatic rings. The maximum atomic E-state index is 13.3. The van der Waals surface area contributed by atoms with Gasteiger partial charge in [0.05, 0.1) is 81.9 Å². The van der Waals surface area contributed by atoms with Crippen molar-refractivity contribution in [2.75, 3.05) is 13.2 Å². The lowest BCUT2D eigenvalue weighted by Gasteiger charge is -2.17. The molecule has 562 valence electrons. The highest BCUT2D eigenvalue weighted by Gasteiger charge is 2.29. The van der Waals surface area contributed by atoms with Crippen molar-refractivity contribution < 1.29 is 22.6 Å². The number of aromatic nitrogens is 12. The van der Waals surface area contributed by atoms with Crippen LogP contribution in [0, 0.1) is 17.5 Å². The number of unbranched alkanes of at least 4 members (excludes halogenated alkanes) is 3. The zero-order valence-electron chi connectivity index (χ0n) is 63.7. The molecule has 19 heteroatoms. The van der Waals surface area contributed by atoms with E-state index in [1.54, 1.807) is 30.3 Å². The molecule has 0 saturated heterocycles. The second-order valence-corrected chi connectivity index (χ2v) is 27.8. The van der Waals surface area contributed by atoms with Gasteiger partial charge in [0.25, 0.3) is 0 Å². The quantitative estimate of drug-likeness (QED) is 0.0767. The van der Waals surface area contributed by atoms with Crippen molar-refractivity contribution >= 4 is 99.8 Å². The fourth-order valence-corrected chi connectivity index (χ4v) is 13.1. The highest BCUT2D eigenvalue weighted by Crippen LogP contribution is 2.42. The van der Waals surface area contributed by atoms with Gasteiger partial charge in [-0.05, 0) is 208 Å². The third kappa shape index (κ3) is 22.6. The number of aryl methyl sites for hydroxylation is 4. The summed E-state index contributed by atoms with van der Waals surface area (Å²) in [6.45, 7) is 26.5. The lowest BCUT2D eigenvalue weighted by molar-refractivity contribution is 0.308. The Balaban J connectivity index is 0.000000141. The monoisotopic (exact) mass is 1490 g/mol. The standard InChI is InChI=1S/C15H19F.C13H15F.C11H14N2.2C10H11ClN2.C10H11FN2O.C10H12N2.C9H10N2O/c1-4-5-6-11-10-15(2,3)14-8-7-12(16)9-13(11)14;1-2-3-4-10-5-6-11-7-8-12(14)9-13(10)11;1-2-3-8-13-11-7-5-4-6-10(11)9-12-13;2*1-2-5-13-10-6-9(11)4-3-8(10)7-12-13;1-2-5-14-10-8-6-7(11)3-4-9(8)12-13-10;1-2-7-12-10-6-4-3-5-9(10)8-11-12;1-2-12-9-7-5-3-4-6-8(7)10-11-9/h7-10H,4-6H2,1-3H3;5,7-9H,2-4,6H2,1H3;4-7,9H,2-3,8H2,1H3;2*3-4,6-7H,2,5H2,1H3;3-4,6H,2,5H2,1H3,(H,12,13);3-6,8H,2,7H2,1H3;3-6H,2H2,1H3,(H,10,11). The molecule has 14 aromatic rings. The van der Waals surface area contributed by atoms with Crippen LogP contribution >= 0.6 is 23.2 Å². The number of H-pyrrole nitrogens is 2. The lowest BCUT2D eigenvalue weighted by Crippen LogP contribution is -2.10. The molecular formula is C88H103Cl2F3N12O2. The van der Waals surface area contributed by atoms with Crippen molar-refractivity contribution in [2.24, 2.45) is 0 Å². The minimum atomic E-state index is -0.278. The number of para-hydroxylation sites is 3. The summed E-state index contributed by atoms with van der Waals surface area (Å²) in [5.74, 6) is 0.640. The average molecular weight is 1490 g/mol. The van der Waals surface area contributed by atoms with E-state index in [9.17, 15) is 13.2 Å². The molecule has 0 unspecified atom stereocenters. The summed E-state index contributed by atoms with van der Waals surface area (Å²) in [5, 5.41) is 38.9. The van der Waals surface area contributed by atoms with E-state index in [2.05, 4.69) is 154 Å². The van der Waals surface area contributed by atoms with Gasteiger partial charge in [-0.3, -0.25) is 28.9 Å². The smallest absolute Gasteiger partial charge is 0.240 e. The predicted molar refractivity (Wildman–Crippen MR) is 438 cm³/mol. The van der Waals surface area contributed by atoms with E-state index in [-0.39, 0.29) is 22.9 Å². The van der Waals surface area contributed by atoms with Gasteiger partial charge in [-0.25, -0.2) is 13.2 Å². The highest BCUT2D eigenvalue weighted by atomic mass is 35.5. The summed E-state index contributed by atoms with van der Waals surface area (Å²) in [6.07, 6.45) is 26.7. The summed E-state index contributed by atoms with van der Waals surface area (Å²) >= 11 is 11.8. The number of fused-ring (bicyclic) bond motifs is 8. The average Bonchev–Trinajstić information content (AvgIpc) is 1.62. The Morgan fingerprint density at radius 1 is 0.430 bits per heavy atom. The molecule has 0 spiro atoms. The van der Waals surface area contributed by atoms with Gasteiger partial charge in [0.15, 0.2) is 0 Å². The van der Waals surface area contributed by atoms with Crippen molar-refractivity contribution in [3.05, 3.63) is 250 Å². The van der Waals surface area contributed by atoms with Crippen LogP contribution in [0.5, 0.6) is 11.8 Å². The normalized spacial score (nSPS) is 12.1. The molecule has 2 aliphatic carbocycles. The molecule has 0 amide bonds. The number of halogens is 5. The minimum absolute atomic E-state index is 0.0616. The fraction of sp³-hybridized carbons (Fsp3) is 0.341. The SMILES string of the molecule is CCCCC1=CC(C)(C)c2ccc(F)cc21.CCCCC1=CCc2ccc(F)cc21.CCCCn1ncc2ccccc21.CCCOc1n[nH]c2ccc(F)cc12.CCCn1ncc2ccc(Cl)cc21.CCCn1ncc2ccc(Cl)cc21.CCCn1ncc2ccccc21.CCOc1n[nH]c2ccccc12. The van der Waals surface area contributed by atoms with Gasteiger partial charge in [0, 0.05) is 63.2 Å². The largest absolute Gasteiger partial charge is 0.476 e. The van der Waals surface area contributed by atoms with Crippen molar-refractivity contribution in [1.82, 2.24) is 59.5 Å². The van der Waals surface area contributed by atoms with E-state index in [1.165, 1.54) is 94.7 Å². The minimum Gasteiger partial charge on any atom is -0.476 e. The Bertz CT molecular complexity index is 4980. The van der Waals surface area contributed by atoms with Crippen LogP contribution in [-0.2, 0) is 38.0 Å². The number of ether oxygens (including phenoxy) is 2. The zero-order chi connectivity index (χ0) is 76.1. The maximum Gasteiger partial charge on any atom is 0.240 e. The first kappa shape index (κ1) is 81.1. The third-order valence-corrected chi connectivity index (χ3v) is 18.6. The van der Waals surface area contributed by atoms with Crippen molar-refractivity contribution in [3.8, 4) is 11.8 Å². The molecule has 14 nitrogen and oxygen atoms in total. The van der Waals surface area contributed by atoms with Crippen LogP contribution in [0.4, 0.5) is 13.2 Å². The molecule has 0 bridgehead atoms. The van der Waals surface area contributed by atoms with E-state index in [4.69, 9.17) is 32.7 Å². The summed E-state index contributed by atoms with van der Waals surface area (Å²) in [4.78, 5) is 0. The van der Waals surface area contributed by atoms with E-state index in [1.807, 2.05) is 133 Å². The summed E-state index contributed by atoms with van der Waals surface area (Å²) < 4.78 is 58.0. The molecule has 0 saturated carbocycles. The summed E-state index contributed by atoms with van der Waals surface area (Å²) in [6, 6.07) is 51.0. The second kappa shape index (κ2) is 41.2. The lowest BCUT2D eigenvalue weighted by atomic mass is 9.87. The first-order chi connectivity index (χ1) is 52.0. The molecular weight excluding hydrogens is 1380 g/mol. The molecule has 6 heterocycles. The number of benzene rings is 8. The third-order valence-electron chi connectivity index (χ3n) is 18.1. The van der Waals surface area contributed by atoms with E-state index < -0.39 is 0 Å². The van der Waals surface area contributed by atoms with E-state index in [0.29, 0.717) is 30.4 Å². The second-order valence-electron chi connectivity index (χ2n) is 26.9. The number of rotatable bonds is 20. The Hall–Kier alpha value is -9.97. The van der Waals surface area contributed by atoms with Gasteiger partial charge in [-0.1, -0.05) is 178 Å². The highest BCUT2D eigenvalue weighted by molar-refractivity contribution is 6.31. The number of aromatic amines is 2. The molecule has 0 fully saturated rings. The van der Waals surface area contributed by atoms with Crippen molar-refractivity contribution in [2.45, 2.75) is 184 Å². The molecule has 2 N–H and O–H groups in total.